The lowest BCUT2D eigenvalue weighted by Crippen LogP contribution is -2.28. The minimum Gasteiger partial charge on any atom is -0.493 e. The first-order valence-corrected chi connectivity index (χ1v) is 11.0. The molecule has 1 aromatic heterocycles. The molecule has 33 heavy (non-hydrogen) atoms. The Morgan fingerprint density at radius 2 is 1.94 bits per heavy atom. The number of methoxy groups -OCH3 is 1. The Morgan fingerprint density at radius 3 is 2.61 bits per heavy atom. The number of nitrogens with zero attached hydrogens (tertiary/aromatic N) is 4. The maximum absolute atomic E-state index is 13.5. The number of anilines is 1. The molecular formula is C23H27ClFN5O3. The predicted octanol–water partition coefficient (Wildman–Crippen LogP) is 4.35. The van der Waals surface area contributed by atoms with E-state index in [9.17, 15) is 9.18 Å². The van der Waals surface area contributed by atoms with E-state index in [1.54, 1.807) is 32.2 Å². The highest BCUT2D eigenvalue weighted by molar-refractivity contribution is 6.30. The van der Waals surface area contributed by atoms with Crippen molar-refractivity contribution in [3.05, 3.63) is 58.6 Å². The van der Waals surface area contributed by atoms with Crippen molar-refractivity contribution in [1.29, 1.82) is 0 Å². The first kappa shape index (κ1) is 24.5. The average molecular weight is 476 g/mol. The summed E-state index contributed by atoms with van der Waals surface area (Å²) in [6.07, 6.45) is 0. The molecule has 1 heterocycles. The number of carbonyl (C=O) groups excluding carboxylic acids is 1. The second kappa shape index (κ2) is 11.1. The molecule has 0 atom stereocenters. The lowest BCUT2D eigenvalue weighted by Gasteiger charge is -2.19. The average Bonchev–Trinajstić information content (AvgIpc) is 3.20. The smallest absolute Gasteiger partial charge is 0.278 e. The van der Waals surface area contributed by atoms with Crippen LogP contribution in [0.3, 0.4) is 0 Å². The maximum atomic E-state index is 13.5. The largest absolute Gasteiger partial charge is 0.493 e. The van der Waals surface area contributed by atoms with Gasteiger partial charge in [0.05, 0.1) is 23.5 Å². The molecule has 0 saturated heterocycles. The quantitative estimate of drug-likeness (QED) is 0.469. The van der Waals surface area contributed by atoms with Crippen molar-refractivity contribution in [2.45, 2.75) is 20.8 Å². The van der Waals surface area contributed by atoms with E-state index in [0.29, 0.717) is 35.2 Å². The number of ether oxygens (including phenoxy) is 2. The number of halogens is 2. The van der Waals surface area contributed by atoms with Crippen molar-refractivity contribution in [3.8, 4) is 17.2 Å². The van der Waals surface area contributed by atoms with Crippen LogP contribution in [-0.4, -0.2) is 59.2 Å². The van der Waals surface area contributed by atoms with E-state index in [4.69, 9.17) is 21.1 Å². The Hall–Kier alpha value is -3.17. The third-order valence-electron chi connectivity index (χ3n) is 5.24. The molecular weight excluding hydrogens is 449 g/mol. The van der Waals surface area contributed by atoms with Crippen molar-refractivity contribution in [1.82, 2.24) is 19.9 Å². The summed E-state index contributed by atoms with van der Waals surface area (Å²) in [4.78, 5) is 15.1. The first-order chi connectivity index (χ1) is 15.9. The number of aromatic nitrogens is 3. The third-order valence-corrected chi connectivity index (χ3v) is 5.53. The van der Waals surface area contributed by atoms with Gasteiger partial charge in [0.1, 0.15) is 12.4 Å². The molecule has 0 aliphatic carbocycles. The third kappa shape index (κ3) is 5.80. The van der Waals surface area contributed by atoms with Crippen LogP contribution in [0, 0.1) is 12.7 Å². The Balaban J connectivity index is 1.75. The monoisotopic (exact) mass is 475 g/mol. The minimum atomic E-state index is -0.536. The topological polar surface area (TPSA) is 81.5 Å². The Bertz CT molecular complexity index is 1120. The van der Waals surface area contributed by atoms with Crippen LogP contribution in [0.5, 0.6) is 11.5 Å². The van der Waals surface area contributed by atoms with Gasteiger partial charge in [-0.1, -0.05) is 30.7 Å². The van der Waals surface area contributed by atoms with Gasteiger partial charge in [-0.3, -0.25) is 4.79 Å². The van der Waals surface area contributed by atoms with Crippen molar-refractivity contribution >= 4 is 23.2 Å². The van der Waals surface area contributed by atoms with Crippen LogP contribution < -0.4 is 14.8 Å². The van der Waals surface area contributed by atoms with Crippen LogP contribution in [0.15, 0.2) is 36.4 Å². The number of amides is 1. The van der Waals surface area contributed by atoms with E-state index >= 15 is 0 Å². The molecule has 176 valence electrons. The minimum absolute atomic E-state index is 0.0415. The van der Waals surface area contributed by atoms with Crippen LogP contribution >= 0.6 is 11.6 Å². The zero-order valence-electron chi connectivity index (χ0n) is 19.1. The van der Waals surface area contributed by atoms with Gasteiger partial charge in [0.15, 0.2) is 17.2 Å². The molecule has 8 nitrogen and oxygen atoms in total. The molecule has 0 saturated carbocycles. The molecule has 1 N–H and O–H groups in total. The van der Waals surface area contributed by atoms with Crippen LogP contribution in [-0.2, 0) is 0 Å². The number of carbonyl (C=O) groups is 1. The van der Waals surface area contributed by atoms with Crippen molar-refractivity contribution < 1.29 is 18.7 Å². The number of nitrogens with one attached hydrogen (secondary N) is 1. The highest BCUT2D eigenvalue weighted by atomic mass is 35.5. The summed E-state index contributed by atoms with van der Waals surface area (Å²) >= 11 is 5.86. The van der Waals surface area contributed by atoms with Crippen LogP contribution in [0.25, 0.3) is 5.69 Å². The molecule has 0 bridgehead atoms. The SMILES string of the molecule is CCN(CC)CCOc1cc(NC(=O)c2nnn(-c3ccc(F)c(Cl)c3)c2C)ccc1OC. The fourth-order valence-corrected chi connectivity index (χ4v) is 3.46. The predicted molar refractivity (Wildman–Crippen MR) is 125 cm³/mol. The molecule has 3 rings (SSSR count). The van der Waals surface area contributed by atoms with E-state index in [1.165, 1.54) is 22.9 Å². The lowest BCUT2D eigenvalue weighted by atomic mass is 10.2. The number of hydrogen-bond donors (Lipinski definition) is 1. The van der Waals surface area contributed by atoms with Gasteiger partial charge in [0.2, 0.25) is 0 Å². The number of hydrogen-bond acceptors (Lipinski definition) is 6. The number of likely N-dealkylation sites (N-methyl/N-ethyl adjacent to an activating group) is 1. The summed E-state index contributed by atoms with van der Waals surface area (Å²) in [7, 11) is 1.56. The molecule has 0 unspecified atom stereocenters. The van der Waals surface area contributed by atoms with E-state index in [1.807, 2.05) is 0 Å². The van der Waals surface area contributed by atoms with E-state index < -0.39 is 11.7 Å². The summed E-state index contributed by atoms with van der Waals surface area (Å²) in [5, 5.41) is 10.8. The molecule has 10 heteroatoms. The zero-order chi connectivity index (χ0) is 24.0. The zero-order valence-corrected chi connectivity index (χ0v) is 19.8. The summed E-state index contributed by atoms with van der Waals surface area (Å²) in [6.45, 7) is 9.05. The molecule has 0 spiro atoms. The lowest BCUT2D eigenvalue weighted by molar-refractivity contribution is 0.102. The van der Waals surface area contributed by atoms with Gasteiger partial charge >= 0.3 is 0 Å². The van der Waals surface area contributed by atoms with Crippen LogP contribution in [0.4, 0.5) is 10.1 Å². The summed E-state index contributed by atoms with van der Waals surface area (Å²) < 4.78 is 26.2. The van der Waals surface area contributed by atoms with Gasteiger partial charge in [0.25, 0.3) is 5.91 Å². The van der Waals surface area contributed by atoms with E-state index in [-0.39, 0.29) is 10.7 Å². The molecule has 0 fully saturated rings. The highest BCUT2D eigenvalue weighted by Crippen LogP contribution is 2.30. The van der Waals surface area contributed by atoms with Gasteiger partial charge in [-0.05, 0) is 50.3 Å². The van der Waals surface area contributed by atoms with Gasteiger partial charge in [0, 0.05) is 18.3 Å². The normalized spacial score (nSPS) is 11.0. The second-order valence-corrected chi connectivity index (χ2v) is 7.64. The molecule has 3 aromatic rings. The van der Waals surface area contributed by atoms with Crippen LogP contribution in [0.1, 0.15) is 30.0 Å². The van der Waals surface area contributed by atoms with Gasteiger partial charge in [-0.15, -0.1) is 5.10 Å². The summed E-state index contributed by atoms with van der Waals surface area (Å²) in [5.74, 6) is 0.128. The molecule has 0 aliphatic heterocycles. The fourth-order valence-electron chi connectivity index (χ4n) is 3.28. The Labute approximate surface area is 197 Å². The van der Waals surface area contributed by atoms with E-state index in [0.717, 1.165) is 19.6 Å². The Morgan fingerprint density at radius 1 is 1.18 bits per heavy atom. The highest BCUT2D eigenvalue weighted by Gasteiger charge is 2.19. The van der Waals surface area contributed by atoms with Gasteiger partial charge in [-0.2, -0.15) is 0 Å². The van der Waals surface area contributed by atoms with Crippen molar-refractivity contribution in [2.75, 3.05) is 38.7 Å². The summed E-state index contributed by atoms with van der Waals surface area (Å²) in [6, 6.07) is 9.32. The Kier molecular flexibility index (Phi) is 8.24. The second-order valence-electron chi connectivity index (χ2n) is 7.23. The van der Waals surface area contributed by atoms with Gasteiger partial charge < -0.3 is 19.7 Å². The standard InChI is InChI=1S/C23H27ClFN5O3/c1-5-29(6-2)11-12-33-21-13-16(7-10-20(21)32-4)26-23(31)22-15(3)30(28-27-22)17-8-9-19(25)18(24)14-17/h7-10,13-14H,5-6,11-12H2,1-4H3,(H,26,31). The first-order valence-electron chi connectivity index (χ1n) is 10.6. The molecule has 2 aromatic carbocycles. The van der Waals surface area contributed by atoms with Crippen molar-refractivity contribution in [2.24, 2.45) is 0 Å². The number of benzene rings is 2. The molecule has 0 aliphatic rings. The molecule has 1 amide bonds. The van der Waals surface area contributed by atoms with Crippen LogP contribution in [0.2, 0.25) is 5.02 Å². The molecule has 0 radical (unpaired) electrons. The van der Waals surface area contributed by atoms with E-state index in [2.05, 4.69) is 34.4 Å². The van der Waals surface area contributed by atoms with Gasteiger partial charge in [-0.25, -0.2) is 9.07 Å². The maximum Gasteiger partial charge on any atom is 0.278 e. The number of rotatable bonds is 10. The van der Waals surface area contributed by atoms with Crippen molar-refractivity contribution in [3.63, 3.8) is 0 Å². The summed E-state index contributed by atoms with van der Waals surface area (Å²) in [5.41, 5.74) is 1.64. The fraction of sp³-hybridized carbons (Fsp3) is 0.348.